The molecule has 0 saturated carbocycles. The van der Waals surface area contributed by atoms with E-state index in [0.29, 0.717) is 0 Å². The van der Waals surface area contributed by atoms with Crippen LogP contribution >= 0.6 is 0 Å². The maximum atomic E-state index is 11.9. The maximum Gasteiger partial charge on any atom is 0.410 e. The normalized spacial score (nSPS) is 18.1. The maximum absolute atomic E-state index is 11.9. The molecule has 1 amide bonds. The predicted octanol–water partition coefficient (Wildman–Crippen LogP) is 2.82. The summed E-state index contributed by atoms with van der Waals surface area (Å²) in [5.74, 6) is 0. The number of benzene rings is 1. The van der Waals surface area contributed by atoms with Crippen molar-refractivity contribution in [1.29, 1.82) is 0 Å². The summed E-state index contributed by atoms with van der Waals surface area (Å²) in [5.41, 5.74) is 3.97. The molecule has 4 nitrogen and oxygen atoms in total. The van der Waals surface area contributed by atoms with E-state index in [2.05, 4.69) is 44.1 Å². The number of nitrogens with zero attached hydrogens (tertiary/aromatic N) is 2. The van der Waals surface area contributed by atoms with E-state index in [0.717, 1.165) is 25.9 Å². The van der Waals surface area contributed by atoms with E-state index in [-0.39, 0.29) is 12.1 Å². The van der Waals surface area contributed by atoms with Crippen LogP contribution in [-0.4, -0.2) is 43.6 Å². The first-order valence-electron chi connectivity index (χ1n) is 7.17. The van der Waals surface area contributed by atoms with Crippen LogP contribution in [0.4, 0.5) is 4.79 Å². The SMILES string of the molecule is CCC1c2ccc(CN(C)C)cc2CCN1C(=O)OC. The fourth-order valence-electron chi connectivity index (χ4n) is 3.00. The smallest absolute Gasteiger partial charge is 0.410 e. The van der Waals surface area contributed by atoms with Crippen LogP contribution in [0.3, 0.4) is 0 Å². The van der Waals surface area contributed by atoms with E-state index in [9.17, 15) is 4.79 Å². The number of fused-ring (bicyclic) bond motifs is 1. The standard InChI is InChI=1S/C16H24N2O2/c1-5-15-14-7-6-12(11-17(2)3)10-13(14)8-9-18(15)16(19)20-4/h6-7,10,15H,5,8-9,11H2,1-4H3. The van der Waals surface area contributed by atoms with E-state index in [1.54, 1.807) is 0 Å². The number of amides is 1. The van der Waals surface area contributed by atoms with Crippen molar-refractivity contribution < 1.29 is 9.53 Å². The summed E-state index contributed by atoms with van der Waals surface area (Å²) in [6, 6.07) is 6.77. The summed E-state index contributed by atoms with van der Waals surface area (Å²) in [6.07, 6.45) is 1.59. The molecule has 0 saturated heterocycles. The van der Waals surface area contributed by atoms with Crippen molar-refractivity contribution in [3.63, 3.8) is 0 Å². The minimum Gasteiger partial charge on any atom is -0.453 e. The van der Waals surface area contributed by atoms with E-state index in [1.165, 1.54) is 23.8 Å². The van der Waals surface area contributed by atoms with Gasteiger partial charge in [-0.3, -0.25) is 0 Å². The molecule has 0 fully saturated rings. The summed E-state index contributed by atoms with van der Waals surface area (Å²) in [5, 5.41) is 0. The third kappa shape index (κ3) is 2.96. The monoisotopic (exact) mass is 276 g/mol. The largest absolute Gasteiger partial charge is 0.453 e. The highest BCUT2D eigenvalue weighted by Crippen LogP contribution is 2.33. The third-order valence-electron chi connectivity index (χ3n) is 3.86. The Kier molecular flexibility index (Phi) is 4.65. The molecule has 4 heteroatoms. The Morgan fingerprint density at radius 1 is 1.45 bits per heavy atom. The van der Waals surface area contributed by atoms with Gasteiger partial charge < -0.3 is 14.5 Å². The lowest BCUT2D eigenvalue weighted by atomic mass is 9.90. The number of rotatable bonds is 3. The van der Waals surface area contributed by atoms with Gasteiger partial charge in [-0.2, -0.15) is 0 Å². The zero-order chi connectivity index (χ0) is 14.7. The molecule has 0 bridgehead atoms. The van der Waals surface area contributed by atoms with Gasteiger partial charge in [-0.25, -0.2) is 4.79 Å². The van der Waals surface area contributed by atoms with Gasteiger partial charge in [0.1, 0.15) is 0 Å². The average molecular weight is 276 g/mol. The van der Waals surface area contributed by atoms with Crippen LogP contribution < -0.4 is 0 Å². The highest BCUT2D eigenvalue weighted by atomic mass is 16.5. The van der Waals surface area contributed by atoms with Crippen molar-refractivity contribution in [3.05, 3.63) is 34.9 Å². The average Bonchev–Trinajstić information content (AvgIpc) is 2.44. The van der Waals surface area contributed by atoms with E-state index >= 15 is 0 Å². The number of carbonyl (C=O) groups is 1. The summed E-state index contributed by atoms with van der Waals surface area (Å²) in [7, 11) is 5.60. The van der Waals surface area contributed by atoms with E-state index in [1.807, 2.05) is 4.90 Å². The molecule has 1 aromatic rings. The van der Waals surface area contributed by atoms with Gasteiger partial charge >= 0.3 is 6.09 Å². The lowest BCUT2D eigenvalue weighted by Crippen LogP contribution is -2.39. The molecule has 20 heavy (non-hydrogen) atoms. The Morgan fingerprint density at radius 2 is 2.20 bits per heavy atom. The minimum atomic E-state index is -0.222. The van der Waals surface area contributed by atoms with Crippen LogP contribution in [0, 0.1) is 0 Å². The number of carbonyl (C=O) groups excluding carboxylic acids is 1. The minimum absolute atomic E-state index is 0.139. The van der Waals surface area contributed by atoms with Gasteiger partial charge in [0, 0.05) is 13.1 Å². The molecule has 0 radical (unpaired) electrons. The molecule has 1 aliphatic heterocycles. The highest BCUT2D eigenvalue weighted by Gasteiger charge is 2.30. The summed E-state index contributed by atoms with van der Waals surface area (Å²) >= 11 is 0. The molecular formula is C16H24N2O2. The molecule has 1 heterocycles. The first-order chi connectivity index (χ1) is 9.56. The lowest BCUT2D eigenvalue weighted by Gasteiger charge is -2.36. The summed E-state index contributed by atoms with van der Waals surface area (Å²) in [4.78, 5) is 15.9. The van der Waals surface area contributed by atoms with Gasteiger partial charge in [0.2, 0.25) is 0 Å². The van der Waals surface area contributed by atoms with Crippen molar-refractivity contribution in [2.45, 2.75) is 32.4 Å². The highest BCUT2D eigenvalue weighted by molar-refractivity contribution is 5.69. The van der Waals surface area contributed by atoms with Crippen LogP contribution in [0.2, 0.25) is 0 Å². The Hall–Kier alpha value is -1.55. The molecule has 2 rings (SSSR count). The molecule has 0 spiro atoms. The molecule has 1 aliphatic rings. The Labute approximate surface area is 121 Å². The van der Waals surface area contributed by atoms with Crippen molar-refractivity contribution in [2.75, 3.05) is 27.7 Å². The van der Waals surface area contributed by atoms with Gasteiger partial charge in [0.05, 0.1) is 13.2 Å². The fraction of sp³-hybridized carbons (Fsp3) is 0.562. The van der Waals surface area contributed by atoms with Crippen LogP contribution in [-0.2, 0) is 17.7 Å². The van der Waals surface area contributed by atoms with Crippen LogP contribution in [0.5, 0.6) is 0 Å². The first kappa shape index (κ1) is 14.9. The number of hydrogen-bond donors (Lipinski definition) is 0. The fourth-order valence-corrected chi connectivity index (χ4v) is 3.00. The third-order valence-corrected chi connectivity index (χ3v) is 3.86. The molecule has 0 N–H and O–H groups in total. The molecular weight excluding hydrogens is 252 g/mol. The predicted molar refractivity (Wildman–Crippen MR) is 79.7 cm³/mol. The van der Waals surface area contributed by atoms with Gasteiger partial charge in [-0.05, 0) is 43.6 Å². The zero-order valence-corrected chi connectivity index (χ0v) is 12.8. The van der Waals surface area contributed by atoms with Crippen molar-refractivity contribution in [2.24, 2.45) is 0 Å². The molecule has 110 valence electrons. The summed E-state index contributed by atoms with van der Waals surface area (Å²) in [6.45, 7) is 3.80. The van der Waals surface area contributed by atoms with Gasteiger partial charge in [-0.1, -0.05) is 25.1 Å². The second-order valence-corrected chi connectivity index (χ2v) is 5.61. The number of ether oxygens (including phenoxy) is 1. The van der Waals surface area contributed by atoms with Gasteiger partial charge in [-0.15, -0.1) is 0 Å². The van der Waals surface area contributed by atoms with Gasteiger partial charge in [0.25, 0.3) is 0 Å². The topological polar surface area (TPSA) is 32.8 Å². The Balaban J connectivity index is 2.28. The molecule has 1 aromatic carbocycles. The quantitative estimate of drug-likeness (QED) is 0.851. The Morgan fingerprint density at radius 3 is 2.80 bits per heavy atom. The van der Waals surface area contributed by atoms with Crippen LogP contribution in [0.25, 0.3) is 0 Å². The zero-order valence-electron chi connectivity index (χ0n) is 12.8. The van der Waals surface area contributed by atoms with Crippen LogP contribution in [0.15, 0.2) is 18.2 Å². The first-order valence-corrected chi connectivity index (χ1v) is 7.17. The molecule has 1 unspecified atom stereocenters. The lowest BCUT2D eigenvalue weighted by molar-refractivity contribution is 0.0995. The number of hydrogen-bond acceptors (Lipinski definition) is 3. The van der Waals surface area contributed by atoms with Crippen molar-refractivity contribution in [1.82, 2.24) is 9.80 Å². The van der Waals surface area contributed by atoms with Crippen LogP contribution in [0.1, 0.15) is 36.1 Å². The van der Waals surface area contributed by atoms with Crippen molar-refractivity contribution >= 4 is 6.09 Å². The Bertz CT molecular complexity index is 485. The van der Waals surface area contributed by atoms with Crippen molar-refractivity contribution in [3.8, 4) is 0 Å². The molecule has 0 aromatic heterocycles. The second kappa shape index (κ2) is 6.27. The molecule has 0 aliphatic carbocycles. The van der Waals surface area contributed by atoms with E-state index in [4.69, 9.17) is 4.74 Å². The molecule has 1 atom stereocenters. The van der Waals surface area contributed by atoms with Gasteiger partial charge in [0.15, 0.2) is 0 Å². The second-order valence-electron chi connectivity index (χ2n) is 5.61. The summed E-state index contributed by atoms with van der Waals surface area (Å²) < 4.78 is 4.89. The number of methoxy groups -OCH3 is 1. The van der Waals surface area contributed by atoms with E-state index < -0.39 is 0 Å².